The molecule has 20 heavy (non-hydrogen) atoms. The normalized spacial score (nSPS) is 10.3. The summed E-state index contributed by atoms with van der Waals surface area (Å²) in [5.74, 6) is 0.581. The molecule has 2 rings (SSSR count). The molecule has 0 fully saturated rings. The fourth-order valence-electron chi connectivity index (χ4n) is 2.16. The average Bonchev–Trinajstić information content (AvgIpc) is 2.47. The van der Waals surface area contributed by atoms with Crippen molar-refractivity contribution in [3.8, 4) is 5.75 Å². The van der Waals surface area contributed by atoms with Crippen LogP contribution in [0.4, 0.5) is 0 Å². The minimum atomic E-state index is -0.00713. The highest BCUT2D eigenvalue weighted by molar-refractivity contribution is 9.10. The van der Waals surface area contributed by atoms with E-state index in [-0.39, 0.29) is 5.78 Å². The lowest BCUT2D eigenvalue weighted by Gasteiger charge is -2.09. The Balaban J connectivity index is 2.38. The molecule has 0 atom stereocenters. The number of halogens is 1. The van der Waals surface area contributed by atoms with E-state index >= 15 is 0 Å². The third kappa shape index (κ3) is 3.28. The van der Waals surface area contributed by atoms with Crippen molar-refractivity contribution in [1.29, 1.82) is 0 Å². The van der Waals surface area contributed by atoms with Gasteiger partial charge in [-0.25, -0.2) is 0 Å². The van der Waals surface area contributed by atoms with E-state index in [2.05, 4.69) is 28.9 Å². The molecular weight excluding hydrogens is 316 g/mol. The Labute approximate surface area is 127 Å². The maximum atomic E-state index is 12.6. The van der Waals surface area contributed by atoms with Gasteiger partial charge >= 0.3 is 0 Å². The molecule has 2 nitrogen and oxygen atoms in total. The summed E-state index contributed by atoms with van der Waals surface area (Å²) in [6.07, 6.45) is 2.05. The quantitative estimate of drug-likeness (QED) is 0.745. The minimum Gasteiger partial charge on any atom is -0.496 e. The number of carbonyl (C=O) groups excluding carboxylic acids is 1. The zero-order chi connectivity index (χ0) is 14.5. The van der Waals surface area contributed by atoms with Crippen LogP contribution in [0.15, 0.2) is 46.9 Å². The molecule has 2 aromatic rings. The van der Waals surface area contributed by atoms with Gasteiger partial charge in [0.1, 0.15) is 5.75 Å². The highest BCUT2D eigenvalue weighted by Crippen LogP contribution is 2.26. The summed E-state index contributed by atoms with van der Waals surface area (Å²) < 4.78 is 6.19. The Hall–Kier alpha value is -1.61. The van der Waals surface area contributed by atoms with E-state index in [1.165, 1.54) is 5.56 Å². The third-order valence-corrected chi connectivity index (χ3v) is 3.63. The SMILES string of the molecule is CCCc1cccc(C(=O)c2ccc(Br)cc2OC)c1. The van der Waals surface area contributed by atoms with Gasteiger partial charge in [0.05, 0.1) is 12.7 Å². The first-order valence-corrected chi connectivity index (χ1v) is 7.42. The molecule has 0 unspecified atom stereocenters. The van der Waals surface area contributed by atoms with Crippen molar-refractivity contribution in [2.75, 3.05) is 7.11 Å². The number of carbonyl (C=O) groups is 1. The molecule has 0 bridgehead atoms. The molecule has 0 N–H and O–H groups in total. The van der Waals surface area contributed by atoms with Crippen molar-refractivity contribution >= 4 is 21.7 Å². The number of hydrogen-bond donors (Lipinski definition) is 0. The van der Waals surface area contributed by atoms with E-state index in [0.29, 0.717) is 16.9 Å². The van der Waals surface area contributed by atoms with Gasteiger partial charge < -0.3 is 4.74 Å². The Kier molecular flexibility index (Phi) is 4.96. The molecule has 3 heteroatoms. The molecule has 2 aromatic carbocycles. The Bertz CT molecular complexity index is 620. The fraction of sp³-hybridized carbons (Fsp3) is 0.235. The van der Waals surface area contributed by atoms with Crippen molar-refractivity contribution < 1.29 is 9.53 Å². The molecule has 0 aliphatic carbocycles. The number of benzene rings is 2. The van der Waals surface area contributed by atoms with Gasteiger partial charge in [-0.2, -0.15) is 0 Å². The smallest absolute Gasteiger partial charge is 0.196 e. The number of ether oxygens (including phenoxy) is 1. The number of rotatable bonds is 5. The zero-order valence-electron chi connectivity index (χ0n) is 11.7. The lowest BCUT2D eigenvalue weighted by Crippen LogP contribution is -2.04. The predicted octanol–water partition coefficient (Wildman–Crippen LogP) is 4.64. The van der Waals surface area contributed by atoms with Gasteiger partial charge in [-0.15, -0.1) is 0 Å². The molecule has 104 valence electrons. The first-order valence-electron chi connectivity index (χ1n) is 6.63. The standard InChI is InChI=1S/C17H17BrO2/c1-3-5-12-6-4-7-13(10-12)17(19)15-9-8-14(18)11-16(15)20-2/h4,6-11H,3,5H2,1-2H3. The fourth-order valence-corrected chi connectivity index (χ4v) is 2.50. The van der Waals surface area contributed by atoms with Gasteiger partial charge in [-0.1, -0.05) is 47.5 Å². The van der Waals surface area contributed by atoms with E-state index in [0.717, 1.165) is 17.3 Å². The van der Waals surface area contributed by atoms with Crippen LogP contribution in [0.1, 0.15) is 34.8 Å². The van der Waals surface area contributed by atoms with Crippen LogP contribution in [-0.2, 0) is 6.42 Å². The summed E-state index contributed by atoms with van der Waals surface area (Å²) in [7, 11) is 1.58. The largest absolute Gasteiger partial charge is 0.496 e. The summed E-state index contributed by atoms with van der Waals surface area (Å²) in [5, 5.41) is 0. The van der Waals surface area contributed by atoms with E-state index < -0.39 is 0 Å². The molecule has 0 heterocycles. The highest BCUT2D eigenvalue weighted by Gasteiger charge is 2.15. The monoisotopic (exact) mass is 332 g/mol. The Morgan fingerprint density at radius 3 is 2.70 bits per heavy atom. The van der Waals surface area contributed by atoms with E-state index in [9.17, 15) is 4.79 Å². The second-order valence-electron chi connectivity index (χ2n) is 4.62. The third-order valence-electron chi connectivity index (χ3n) is 3.14. The average molecular weight is 333 g/mol. The minimum absolute atomic E-state index is 0.00713. The molecule has 0 saturated carbocycles. The van der Waals surface area contributed by atoms with Gasteiger partial charge in [0.15, 0.2) is 5.78 Å². The van der Waals surface area contributed by atoms with Crippen molar-refractivity contribution in [3.63, 3.8) is 0 Å². The summed E-state index contributed by atoms with van der Waals surface area (Å²) in [5.41, 5.74) is 2.48. The van der Waals surface area contributed by atoms with Crippen molar-refractivity contribution in [2.24, 2.45) is 0 Å². The molecule has 0 spiro atoms. The van der Waals surface area contributed by atoms with Crippen molar-refractivity contribution in [1.82, 2.24) is 0 Å². The zero-order valence-corrected chi connectivity index (χ0v) is 13.2. The van der Waals surface area contributed by atoms with Crippen LogP contribution in [-0.4, -0.2) is 12.9 Å². The molecule has 0 radical (unpaired) electrons. The van der Waals surface area contributed by atoms with Crippen LogP contribution >= 0.6 is 15.9 Å². The highest BCUT2D eigenvalue weighted by atomic mass is 79.9. The van der Waals surface area contributed by atoms with E-state index in [4.69, 9.17) is 4.74 Å². The van der Waals surface area contributed by atoms with Crippen LogP contribution in [0, 0.1) is 0 Å². The first-order chi connectivity index (χ1) is 9.65. The predicted molar refractivity (Wildman–Crippen MR) is 84.6 cm³/mol. The second kappa shape index (κ2) is 6.71. The molecule has 0 aliphatic heterocycles. The van der Waals surface area contributed by atoms with Crippen LogP contribution in [0.25, 0.3) is 0 Å². The summed E-state index contributed by atoms with van der Waals surface area (Å²) in [6.45, 7) is 2.13. The number of methoxy groups -OCH3 is 1. The van der Waals surface area contributed by atoms with E-state index in [1.54, 1.807) is 13.2 Å². The van der Waals surface area contributed by atoms with Gasteiger partial charge in [-0.3, -0.25) is 4.79 Å². The number of hydrogen-bond acceptors (Lipinski definition) is 2. The molecule has 0 saturated heterocycles. The van der Waals surface area contributed by atoms with Gasteiger partial charge in [0.2, 0.25) is 0 Å². The van der Waals surface area contributed by atoms with Crippen LogP contribution in [0.2, 0.25) is 0 Å². The lowest BCUT2D eigenvalue weighted by molar-refractivity contribution is 0.103. The van der Waals surface area contributed by atoms with Crippen LogP contribution < -0.4 is 4.74 Å². The molecular formula is C17H17BrO2. The van der Waals surface area contributed by atoms with Crippen molar-refractivity contribution in [3.05, 3.63) is 63.6 Å². The molecule has 0 aliphatic rings. The number of ketones is 1. The summed E-state index contributed by atoms with van der Waals surface area (Å²) in [4.78, 5) is 12.6. The van der Waals surface area contributed by atoms with E-state index in [1.807, 2.05) is 30.3 Å². The van der Waals surface area contributed by atoms with Gasteiger partial charge in [-0.05, 0) is 36.2 Å². The molecule has 0 aromatic heterocycles. The Morgan fingerprint density at radius 2 is 2.00 bits per heavy atom. The van der Waals surface area contributed by atoms with Crippen LogP contribution in [0.5, 0.6) is 5.75 Å². The maximum absolute atomic E-state index is 12.6. The number of aryl methyl sites for hydroxylation is 1. The maximum Gasteiger partial charge on any atom is 0.196 e. The Morgan fingerprint density at radius 1 is 1.20 bits per heavy atom. The topological polar surface area (TPSA) is 26.3 Å². The van der Waals surface area contributed by atoms with Gasteiger partial charge in [0, 0.05) is 10.0 Å². The van der Waals surface area contributed by atoms with Crippen molar-refractivity contribution in [2.45, 2.75) is 19.8 Å². The van der Waals surface area contributed by atoms with Crippen LogP contribution in [0.3, 0.4) is 0 Å². The molecule has 0 amide bonds. The lowest BCUT2D eigenvalue weighted by atomic mass is 9.99. The summed E-state index contributed by atoms with van der Waals surface area (Å²) >= 11 is 3.38. The first kappa shape index (κ1) is 14.8. The van der Waals surface area contributed by atoms with Gasteiger partial charge in [0.25, 0.3) is 0 Å². The summed E-state index contributed by atoms with van der Waals surface area (Å²) in [6, 6.07) is 13.3. The second-order valence-corrected chi connectivity index (χ2v) is 5.54.